The highest BCUT2D eigenvalue weighted by atomic mass is 32.2. The number of thioether (sulfide) groups is 1. The zero-order valence-electron chi connectivity index (χ0n) is 7.38. The highest BCUT2D eigenvalue weighted by molar-refractivity contribution is 7.99. The molecule has 1 saturated carbocycles. The van der Waals surface area contributed by atoms with E-state index in [1.807, 2.05) is 0 Å². The van der Waals surface area contributed by atoms with Gasteiger partial charge in [0.05, 0.1) is 0 Å². The minimum absolute atomic E-state index is 0.999. The molecule has 0 amide bonds. The van der Waals surface area contributed by atoms with Crippen LogP contribution in [0.25, 0.3) is 0 Å². The highest BCUT2D eigenvalue weighted by Gasteiger charge is 2.30. The summed E-state index contributed by atoms with van der Waals surface area (Å²) >= 11 is 2.26. The summed E-state index contributed by atoms with van der Waals surface area (Å²) in [5, 5.41) is 1.06. The van der Waals surface area contributed by atoms with Crippen molar-refractivity contribution < 1.29 is 0 Å². The Kier molecular flexibility index (Phi) is 2.45. The maximum absolute atomic E-state index is 2.41. The zero-order chi connectivity index (χ0) is 7.68. The quantitative estimate of drug-likeness (QED) is 0.537. The van der Waals surface area contributed by atoms with E-state index < -0.39 is 0 Å². The number of rotatable bonds is 0. The van der Waals surface area contributed by atoms with Crippen LogP contribution in [0.4, 0.5) is 0 Å². The van der Waals surface area contributed by atoms with E-state index in [9.17, 15) is 0 Å². The van der Waals surface area contributed by atoms with Gasteiger partial charge < -0.3 is 0 Å². The maximum Gasteiger partial charge on any atom is 0.00755 e. The van der Waals surface area contributed by atoms with Crippen LogP contribution in [0, 0.1) is 11.8 Å². The predicted molar refractivity (Wildman–Crippen MR) is 52.0 cm³/mol. The molecule has 2 rings (SSSR count). The molecular weight excluding hydrogens is 152 g/mol. The molecule has 1 aliphatic carbocycles. The molecule has 1 aliphatic heterocycles. The van der Waals surface area contributed by atoms with Gasteiger partial charge in [0.25, 0.3) is 0 Å². The Morgan fingerprint density at radius 2 is 2.00 bits per heavy atom. The average molecular weight is 170 g/mol. The van der Waals surface area contributed by atoms with E-state index in [0.717, 1.165) is 17.1 Å². The van der Waals surface area contributed by atoms with E-state index in [1.54, 1.807) is 0 Å². The third-order valence-electron chi connectivity index (χ3n) is 3.14. The van der Waals surface area contributed by atoms with E-state index in [1.165, 1.54) is 37.9 Å². The zero-order valence-corrected chi connectivity index (χ0v) is 8.20. The summed E-state index contributed by atoms with van der Waals surface area (Å²) in [7, 11) is 0. The van der Waals surface area contributed by atoms with Crippen LogP contribution in [0.15, 0.2) is 0 Å². The second kappa shape index (κ2) is 3.38. The van der Waals surface area contributed by atoms with Gasteiger partial charge in [-0.25, -0.2) is 0 Å². The van der Waals surface area contributed by atoms with Crippen molar-refractivity contribution in [1.29, 1.82) is 0 Å². The average Bonchev–Trinajstić information content (AvgIpc) is 2.04. The van der Waals surface area contributed by atoms with Gasteiger partial charge in [-0.15, -0.1) is 0 Å². The first-order chi connectivity index (χ1) is 5.36. The van der Waals surface area contributed by atoms with Gasteiger partial charge in [-0.2, -0.15) is 11.8 Å². The van der Waals surface area contributed by atoms with E-state index in [-0.39, 0.29) is 0 Å². The summed E-state index contributed by atoms with van der Waals surface area (Å²) < 4.78 is 0. The van der Waals surface area contributed by atoms with Crippen molar-refractivity contribution in [1.82, 2.24) is 0 Å². The fraction of sp³-hybridized carbons (Fsp3) is 1.00. The van der Waals surface area contributed by atoms with E-state index >= 15 is 0 Å². The molecule has 0 aromatic heterocycles. The van der Waals surface area contributed by atoms with Crippen molar-refractivity contribution in [2.75, 3.05) is 5.75 Å². The number of hydrogen-bond acceptors (Lipinski definition) is 1. The van der Waals surface area contributed by atoms with E-state index in [2.05, 4.69) is 18.7 Å². The summed E-state index contributed by atoms with van der Waals surface area (Å²) in [5.74, 6) is 3.53. The first-order valence-electron chi connectivity index (χ1n) is 4.98. The van der Waals surface area contributed by atoms with Crippen molar-refractivity contribution in [3.8, 4) is 0 Å². The Labute approximate surface area is 74.1 Å². The molecule has 2 fully saturated rings. The monoisotopic (exact) mass is 170 g/mol. The molecule has 1 saturated heterocycles. The van der Waals surface area contributed by atoms with Crippen molar-refractivity contribution in [2.45, 2.75) is 44.3 Å². The van der Waals surface area contributed by atoms with Crippen molar-refractivity contribution in [3.05, 3.63) is 0 Å². The Morgan fingerprint density at radius 1 is 1.18 bits per heavy atom. The Bertz CT molecular complexity index is 133. The topological polar surface area (TPSA) is 0 Å². The lowest BCUT2D eigenvalue weighted by molar-refractivity contribution is 0.304. The number of fused-ring (bicyclic) bond motifs is 1. The second-order valence-corrected chi connectivity index (χ2v) is 5.53. The number of hydrogen-bond donors (Lipinski definition) is 0. The lowest BCUT2D eigenvalue weighted by Crippen LogP contribution is -2.29. The molecule has 0 bridgehead atoms. The summed E-state index contributed by atoms with van der Waals surface area (Å²) in [5.41, 5.74) is 0. The SMILES string of the molecule is C[C@H]1CS[C@H]2CCCC[C@@H]2C1. The first kappa shape index (κ1) is 7.97. The largest absolute Gasteiger partial charge is 0.158 e. The Balaban J connectivity index is 1.93. The molecule has 3 atom stereocenters. The molecule has 0 aromatic carbocycles. The van der Waals surface area contributed by atoms with Crippen LogP contribution in [-0.2, 0) is 0 Å². The van der Waals surface area contributed by atoms with Gasteiger partial charge in [0.1, 0.15) is 0 Å². The van der Waals surface area contributed by atoms with Gasteiger partial charge in [0.2, 0.25) is 0 Å². The molecule has 1 heteroatoms. The summed E-state index contributed by atoms with van der Waals surface area (Å²) in [6, 6.07) is 0. The van der Waals surface area contributed by atoms with Crippen molar-refractivity contribution in [3.63, 3.8) is 0 Å². The van der Waals surface area contributed by atoms with Gasteiger partial charge in [-0.1, -0.05) is 19.8 Å². The summed E-state index contributed by atoms with van der Waals surface area (Å²) in [4.78, 5) is 0. The molecule has 11 heavy (non-hydrogen) atoms. The third kappa shape index (κ3) is 1.74. The molecular formula is C10H18S. The molecule has 64 valence electrons. The standard InChI is InChI=1S/C10H18S/c1-8-6-9-4-2-3-5-10(9)11-7-8/h8-10H,2-7H2,1H3/t8-,9-,10+/m1/s1. The smallest absolute Gasteiger partial charge is 0.00755 e. The van der Waals surface area contributed by atoms with Crippen LogP contribution in [0.3, 0.4) is 0 Å². The van der Waals surface area contributed by atoms with Crippen LogP contribution in [0.2, 0.25) is 0 Å². The Morgan fingerprint density at radius 3 is 2.91 bits per heavy atom. The van der Waals surface area contributed by atoms with Gasteiger partial charge in [0.15, 0.2) is 0 Å². The van der Waals surface area contributed by atoms with Crippen LogP contribution >= 0.6 is 11.8 Å². The van der Waals surface area contributed by atoms with Crippen molar-refractivity contribution in [2.24, 2.45) is 11.8 Å². The van der Waals surface area contributed by atoms with Gasteiger partial charge in [-0.05, 0) is 36.9 Å². The van der Waals surface area contributed by atoms with Gasteiger partial charge in [0, 0.05) is 5.25 Å². The maximum atomic E-state index is 2.41. The molecule has 0 unspecified atom stereocenters. The van der Waals surface area contributed by atoms with E-state index in [0.29, 0.717) is 0 Å². The fourth-order valence-corrected chi connectivity index (χ4v) is 4.10. The van der Waals surface area contributed by atoms with Crippen LogP contribution in [0.5, 0.6) is 0 Å². The lowest BCUT2D eigenvalue weighted by atomic mass is 9.83. The van der Waals surface area contributed by atoms with Crippen LogP contribution < -0.4 is 0 Å². The molecule has 0 aromatic rings. The third-order valence-corrected chi connectivity index (χ3v) is 4.95. The molecule has 1 heterocycles. The Hall–Kier alpha value is 0.350. The highest BCUT2D eigenvalue weighted by Crippen LogP contribution is 2.42. The van der Waals surface area contributed by atoms with Gasteiger partial charge in [-0.3, -0.25) is 0 Å². The van der Waals surface area contributed by atoms with Gasteiger partial charge >= 0.3 is 0 Å². The fourth-order valence-electron chi connectivity index (χ4n) is 2.54. The molecule has 0 nitrogen and oxygen atoms in total. The summed E-state index contributed by atoms with van der Waals surface area (Å²) in [6.07, 6.45) is 7.58. The molecule has 2 aliphatic rings. The second-order valence-electron chi connectivity index (χ2n) is 4.26. The van der Waals surface area contributed by atoms with Crippen LogP contribution in [0.1, 0.15) is 39.0 Å². The predicted octanol–water partition coefficient (Wildman–Crippen LogP) is 3.32. The molecule has 0 radical (unpaired) electrons. The minimum atomic E-state index is 0.999. The van der Waals surface area contributed by atoms with E-state index in [4.69, 9.17) is 0 Å². The summed E-state index contributed by atoms with van der Waals surface area (Å²) in [6.45, 7) is 2.41. The van der Waals surface area contributed by atoms with Crippen LogP contribution in [-0.4, -0.2) is 11.0 Å². The minimum Gasteiger partial charge on any atom is -0.158 e. The lowest BCUT2D eigenvalue weighted by Gasteiger charge is -2.37. The normalized spacial score (nSPS) is 45.0. The van der Waals surface area contributed by atoms with Crippen molar-refractivity contribution >= 4 is 11.8 Å². The first-order valence-corrected chi connectivity index (χ1v) is 6.03. The molecule has 0 spiro atoms. The molecule has 0 N–H and O–H groups in total.